The van der Waals surface area contributed by atoms with E-state index >= 15 is 0 Å². The van der Waals surface area contributed by atoms with Crippen molar-refractivity contribution in [1.29, 1.82) is 0 Å². The molecule has 1 saturated heterocycles. The SMILES string of the molecule is CCCCC(CN)NS(=O)(=O)c1ccc(N2CCCC2=O)cc1.Cl. The summed E-state index contributed by atoms with van der Waals surface area (Å²) in [6.45, 7) is 3.02. The quantitative estimate of drug-likeness (QED) is 0.727. The number of hydrogen-bond acceptors (Lipinski definition) is 4. The monoisotopic (exact) mass is 375 g/mol. The fourth-order valence-corrected chi connectivity index (χ4v) is 3.97. The van der Waals surface area contributed by atoms with Gasteiger partial charge >= 0.3 is 0 Å². The summed E-state index contributed by atoms with van der Waals surface area (Å²) >= 11 is 0. The molecule has 0 bridgehead atoms. The Bertz CT molecular complexity index is 634. The third kappa shape index (κ3) is 5.17. The van der Waals surface area contributed by atoms with Crippen molar-refractivity contribution in [3.05, 3.63) is 24.3 Å². The van der Waals surface area contributed by atoms with Gasteiger partial charge in [-0.2, -0.15) is 0 Å². The van der Waals surface area contributed by atoms with Gasteiger partial charge in [0.2, 0.25) is 15.9 Å². The van der Waals surface area contributed by atoms with E-state index in [1.54, 1.807) is 17.0 Å². The predicted molar refractivity (Wildman–Crippen MR) is 98.0 cm³/mol. The van der Waals surface area contributed by atoms with Gasteiger partial charge in [-0.05, 0) is 37.1 Å². The number of nitrogens with zero attached hydrogens (tertiary/aromatic N) is 1. The highest BCUT2D eigenvalue weighted by molar-refractivity contribution is 7.89. The van der Waals surface area contributed by atoms with Crippen LogP contribution in [-0.4, -0.2) is 33.5 Å². The molecule has 1 amide bonds. The molecule has 1 unspecified atom stereocenters. The number of carbonyl (C=O) groups is 1. The van der Waals surface area contributed by atoms with Crippen molar-refractivity contribution in [3.8, 4) is 0 Å². The van der Waals surface area contributed by atoms with Gasteiger partial charge in [0.25, 0.3) is 0 Å². The number of unbranched alkanes of at least 4 members (excludes halogenated alkanes) is 1. The van der Waals surface area contributed by atoms with E-state index in [0.717, 1.165) is 31.4 Å². The van der Waals surface area contributed by atoms with Crippen LogP contribution in [0.25, 0.3) is 0 Å². The second kappa shape index (κ2) is 9.36. The van der Waals surface area contributed by atoms with Crippen LogP contribution in [0.4, 0.5) is 5.69 Å². The van der Waals surface area contributed by atoms with E-state index in [9.17, 15) is 13.2 Å². The molecule has 2 rings (SSSR count). The Balaban J connectivity index is 0.00000288. The number of carbonyl (C=O) groups excluding carboxylic acids is 1. The van der Waals surface area contributed by atoms with Gasteiger partial charge in [0.1, 0.15) is 0 Å². The standard InChI is InChI=1S/C16H25N3O3S.ClH/c1-2-3-5-13(12-17)18-23(21,22)15-9-7-14(8-10-15)19-11-4-6-16(19)20;/h7-10,13,18H,2-6,11-12,17H2,1H3;1H. The Labute approximate surface area is 150 Å². The minimum Gasteiger partial charge on any atom is -0.329 e. The van der Waals surface area contributed by atoms with Crippen molar-refractivity contribution >= 4 is 34.0 Å². The highest BCUT2D eigenvalue weighted by Gasteiger charge is 2.23. The first-order valence-electron chi connectivity index (χ1n) is 8.10. The lowest BCUT2D eigenvalue weighted by Gasteiger charge is -2.18. The number of amides is 1. The summed E-state index contributed by atoms with van der Waals surface area (Å²) in [4.78, 5) is 13.6. The first-order chi connectivity index (χ1) is 11.0. The zero-order valence-corrected chi connectivity index (χ0v) is 15.5. The first kappa shape index (κ1) is 20.9. The van der Waals surface area contributed by atoms with Crippen molar-refractivity contribution in [3.63, 3.8) is 0 Å². The zero-order chi connectivity index (χ0) is 16.9. The average molecular weight is 376 g/mol. The molecule has 1 heterocycles. The van der Waals surface area contributed by atoms with E-state index in [0.29, 0.717) is 13.0 Å². The highest BCUT2D eigenvalue weighted by atomic mass is 35.5. The molecule has 0 aliphatic carbocycles. The Hall–Kier alpha value is -1.15. The Morgan fingerprint density at radius 3 is 2.46 bits per heavy atom. The lowest BCUT2D eigenvalue weighted by molar-refractivity contribution is -0.117. The summed E-state index contributed by atoms with van der Waals surface area (Å²) in [5, 5.41) is 0. The van der Waals surface area contributed by atoms with Crippen molar-refractivity contribution in [1.82, 2.24) is 4.72 Å². The summed E-state index contributed by atoms with van der Waals surface area (Å²) in [6, 6.07) is 6.19. The van der Waals surface area contributed by atoms with Crippen molar-refractivity contribution in [2.75, 3.05) is 18.0 Å². The Morgan fingerprint density at radius 2 is 1.96 bits per heavy atom. The molecule has 1 aromatic carbocycles. The summed E-state index contributed by atoms with van der Waals surface area (Å²) in [6.07, 6.45) is 4.05. The highest BCUT2D eigenvalue weighted by Crippen LogP contribution is 2.23. The van der Waals surface area contributed by atoms with E-state index in [1.165, 1.54) is 12.1 Å². The Morgan fingerprint density at radius 1 is 1.29 bits per heavy atom. The third-order valence-electron chi connectivity index (χ3n) is 4.04. The molecule has 1 fully saturated rings. The molecule has 0 saturated carbocycles. The van der Waals surface area contributed by atoms with E-state index in [1.807, 2.05) is 0 Å². The minimum atomic E-state index is -3.59. The fourth-order valence-electron chi connectivity index (χ4n) is 2.69. The van der Waals surface area contributed by atoms with E-state index in [-0.39, 0.29) is 35.8 Å². The van der Waals surface area contributed by atoms with Crippen LogP contribution in [-0.2, 0) is 14.8 Å². The number of anilines is 1. The second-order valence-corrected chi connectivity index (χ2v) is 7.55. The number of halogens is 1. The normalized spacial score (nSPS) is 16.1. The van der Waals surface area contributed by atoms with E-state index in [2.05, 4.69) is 11.6 Å². The van der Waals surface area contributed by atoms with Gasteiger partial charge in [-0.25, -0.2) is 13.1 Å². The third-order valence-corrected chi connectivity index (χ3v) is 5.58. The molecule has 1 aliphatic heterocycles. The fraction of sp³-hybridized carbons (Fsp3) is 0.562. The molecular formula is C16H26ClN3O3S. The van der Waals surface area contributed by atoms with Gasteiger partial charge in [-0.3, -0.25) is 4.79 Å². The van der Waals surface area contributed by atoms with Crippen LogP contribution in [0.1, 0.15) is 39.0 Å². The van der Waals surface area contributed by atoms with Gasteiger partial charge in [0.15, 0.2) is 0 Å². The summed E-state index contributed by atoms with van der Waals surface area (Å²) in [7, 11) is -3.59. The average Bonchev–Trinajstić information content (AvgIpc) is 2.97. The molecular weight excluding hydrogens is 350 g/mol. The smallest absolute Gasteiger partial charge is 0.240 e. The molecule has 1 aromatic rings. The number of sulfonamides is 1. The molecule has 0 spiro atoms. The molecule has 8 heteroatoms. The van der Waals surface area contributed by atoms with Crippen LogP contribution in [0.5, 0.6) is 0 Å². The molecule has 3 N–H and O–H groups in total. The molecule has 0 aromatic heterocycles. The van der Waals surface area contributed by atoms with E-state index < -0.39 is 10.0 Å². The van der Waals surface area contributed by atoms with Crippen molar-refractivity contribution in [2.24, 2.45) is 5.73 Å². The van der Waals surface area contributed by atoms with Gasteiger partial charge < -0.3 is 10.6 Å². The van der Waals surface area contributed by atoms with Crippen LogP contribution in [0, 0.1) is 0 Å². The lowest BCUT2D eigenvalue weighted by Crippen LogP contribution is -2.40. The van der Waals surface area contributed by atoms with E-state index in [4.69, 9.17) is 5.73 Å². The minimum absolute atomic E-state index is 0. The summed E-state index contributed by atoms with van der Waals surface area (Å²) in [5.74, 6) is 0.0847. The molecule has 136 valence electrons. The zero-order valence-electron chi connectivity index (χ0n) is 13.9. The molecule has 24 heavy (non-hydrogen) atoms. The van der Waals surface area contributed by atoms with Gasteiger partial charge in [0, 0.05) is 31.2 Å². The van der Waals surface area contributed by atoms with Gasteiger partial charge in [-0.15, -0.1) is 12.4 Å². The predicted octanol–water partition coefficient (Wildman–Crippen LogP) is 2.03. The van der Waals surface area contributed by atoms with Crippen molar-refractivity contribution in [2.45, 2.75) is 50.0 Å². The molecule has 0 radical (unpaired) electrons. The largest absolute Gasteiger partial charge is 0.329 e. The molecule has 1 aliphatic rings. The van der Waals surface area contributed by atoms with Crippen LogP contribution in [0.3, 0.4) is 0 Å². The Kier molecular flexibility index (Phi) is 8.15. The van der Waals surface area contributed by atoms with Crippen LogP contribution >= 0.6 is 12.4 Å². The summed E-state index contributed by atoms with van der Waals surface area (Å²) in [5.41, 5.74) is 6.39. The van der Waals surface area contributed by atoms with Crippen LogP contribution in [0.15, 0.2) is 29.2 Å². The number of benzene rings is 1. The van der Waals surface area contributed by atoms with Gasteiger partial charge in [-0.1, -0.05) is 19.8 Å². The topological polar surface area (TPSA) is 92.5 Å². The van der Waals surface area contributed by atoms with Crippen LogP contribution < -0.4 is 15.4 Å². The maximum Gasteiger partial charge on any atom is 0.240 e. The van der Waals surface area contributed by atoms with Gasteiger partial charge in [0.05, 0.1) is 4.90 Å². The second-order valence-electron chi connectivity index (χ2n) is 5.84. The van der Waals surface area contributed by atoms with Crippen LogP contribution in [0.2, 0.25) is 0 Å². The number of hydrogen-bond donors (Lipinski definition) is 2. The number of rotatable bonds is 8. The maximum absolute atomic E-state index is 12.4. The summed E-state index contributed by atoms with van der Waals surface area (Å²) < 4.78 is 27.5. The first-order valence-corrected chi connectivity index (χ1v) is 9.59. The number of nitrogens with two attached hydrogens (primary N) is 1. The molecule has 1 atom stereocenters. The van der Waals surface area contributed by atoms with Crippen molar-refractivity contribution < 1.29 is 13.2 Å². The number of nitrogens with one attached hydrogen (secondary N) is 1. The lowest BCUT2D eigenvalue weighted by atomic mass is 10.1. The molecule has 6 nitrogen and oxygen atoms in total. The maximum atomic E-state index is 12.4.